The monoisotopic (exact) mass is 306 g/mol. The average molecular weight is 307 g/mol. The molecule has 2 N–H and O–H groups in total. The summed E-state index contributed by atoms with van der Waals surface area (Å²) in [6.45, 7) is 0. The lowest BCUT2D eigenvalue weighted by molar-refractivity contribution is 0.426. The highest BCUT2D eigenvalue weighted by Gasteiger charge is 2.13. The first-order chi connectivity index (χ1) is 8.15. The zero-order chi connectivity index (χ0) is 12.0. The minimum atomic E-state index is -1.42. The molecule has 2 aromatic carbocycles. The first kappa shape index (κ1) is 11.2. The Bertz CT molecular complexity index is 708. The van der Waals surface area contributed by atoms with Crippen molar-refractivity contribution in [3.63, 3.8) is 0 Å². The molecule has 2 nitrogen and oxygen atoms in total. The topological polar surface area (TPSA) is 40.5 Å². The zero-order valence-electron chi connectivity index (χ0n) is 8.72. The second-order valence-corrected chi connectivity index (χ2v) is 5.87. The fraction of sp³-hybridized carbons (Fsp3) is 0. The molecule has 0 spiro atoms. The van der Waals surface area contributed by atoms with Crippen molar-refractivity contribution in [1.82, 2.24) is 0 Å². The van der Waals surface area contributed by atoms with E-state index in [1.807, 2.05) is 18.2 Å². The predicted octanol–water partition coefficient (Wildman–Crippen LogP) is 2.50. The van der Waals surface area contributed by atoms with E-state index < -0.39 is 7.12 Å². The molecule has 0 aliphatic heterocycles. The normalized spacial score (nSPS) is 11.2. The lowest BCUT2D eigenvalue weighted by Crippen LogP contribution is -2.29. The SMILES string of the molecule is OB(O)c1ccc2sc3ccc(Br)cc3c2c1. The molecule has 3 aromatic rings. The second-order valence-electron chi connectivity index (χ2n) is 3.87. The first-order valence-electron chi connectivity index (χ1n) is 5.13. The van der Waals surface area contributed by atoms with Gasteiger partial charge in [-0.1, -0.05) is 28.1 Å². The molecule has 0 saturated heterocycles. The third-order valence-electron chi connectivity index (χ3n) is 2.75. The van der Waals surface area contributed by atoms with Gasteiger partial charge >= 0.3 is 7.12 Å². The molecule has 0 saturated carbocycles. The van der Waals surface area contributed by atoms with Crippen molar-refractivity contribution in [1.29, 1.82) is 0 Å². The maximum atomic E-state index is 9.20. The van der Waals surface area contributed by atoms with Crippen molar-refractivity contribution in [3.8, 4) is 0 Å². The molecular formula is C12H8BBrO2S. The Morgan fingerprint density at radius 2 is 1.59 bits per heavy atom. The smallest absolute Gasteiger partial charge is 0.423 e. The van der Waals surface area contributed by atoms with Crippen molar-refractivity contribution in [2.24, 2.45) is 0 Å². The van der Waals surface area contributed by atoms with E-state index in [1.165, 1.54) is 4.70 Å². The highest BCUT2D eigenvalue weighted by Crippen LogP contribution is 2.34. The van der Waals surface area contributed by atoms with Gasteiger partial charge in [-0.3, -0.25) is 0 Å². The second kappa shape index (κ2) is 4.10. The Labute approximate surface area is 111 Å². The molecule has 0 amide bonds. The van der Waals surface area contributed by atoms with E-state index in [9.17, 15) is 10.0 Å². The fourth-order valence-corrected chi connectivity index (χ4v) is 3.36. The summed E-state index contributed by atoms with van der Waals surface area (Å²) in [7, 11) is -1.42. The van der Waals surface area contributed by atoms with Crippen LogP contribution in [0.5, 0.6) is 0 Å². The summed E-state index contributed by atoms with van der Waals surface area (Å²) < 4.78 is 3.38. The molecule has 1 aromatic heterocycles. The molecule has 1 heterocycles. The van der Waals surface area contributed by atoms with E-state index in [0.717, 1.165) is 19.9 Å². The van der Waals surface area contributed by atoms with E-state index in [0.29, 0.717) is 5.46 Å². The summed E-state index contributed by atoms with van der Waals surface area (Å²) in [5.74, 6) is 0. The molecule has 0 aliphatic rings. The molecule has 17 heavy (non-hydrogen) atoms. The molecule has 0 unspecified atom stereocenters. The van der Waals surface area contributed by atoms with Gasteiger partial charge in [0, 0.05) is 24.6 Å². The van der Waals surface area contributed by atoms with E-state index in [4.69, 9.17) is 0 Å². The molecule has 0 fully saturated rings. The van der Waals surface area contributed by atoms with Crippen LogP contribution in [0, 0.1) is 0 Å². The van der Waals surface area contributed by atoms with Crippen LogP contribution >= 0.6 is 27.3 Å². The molecule has 0 atom stereocenters. The zero-order valence-corrected chi connectivity index (χ0v) is 11.1. The fourth-order valence-electron chi connectivity index (χ4n) is 1.93. The van der Waals surface area contributed by atoms with Crippen molar-refractivity contribution in [2.45, 2.75) is 0 Å². The lowest BCUT2D eigenvalue weighted by atomic mass is 9.80. The van der Waals surface area contributed by atoms with E-state index >= 15 is 0 Å². The Morgan fingerprint density at radius 3 is 2.29 bits per heavy atom. The standard InChI is InChI=1S/C12H8BBrO2S/c14-8-2-4-12-10(6-8)9-5-7(13(15)16)1-3-11(9)17-12/h1-6,15-16H. The van der Waals surface area contributed by atoms with Crippen LogP contribution in [-0.2, 0) is 0 Å². The molecule has 3 rings (SSSR count). The molecular weight excluding hydrogens is 299 g/mol. The van der Waals surface area contributed by atoms with Gasteiger partial charge in [-0.15, -0.1) is 11.3 Å². The van der Waals surface area contributed by atoms with Crippen LogP contribution in [0.25, 0.3) is 20.2 Å². The molecule has 0 bridgehead atoms. The van der Waals surface area contributed by atoms with Crippen molar-refractivity contribution in [2.75, 3.05) is 0 Å². The minimum Gasteiger partial charge on any atom is -0.423 e. The number of hydrogen-bond donors (Lipinski definition) is 2. The van der Waals surface area contributed by atoms with Gasteiger partial charge in [-0.05, 0) is 29.7 Å². The Kier molecular flexibility index (Phi) is 2.71. The van der Waals surface area contributed by atoms with Crippen molar-refractivity contribution >= 4 is 60.0 Å². The molecule has 5 heteroatoms. The first-order valence-corrected chi connectivity index (χ1v) is 6.74. The number of benzene rings is 2. The van der Waals surface area contributed by atoms with Crippen molar-refractivity contribution in [3.05, 3.63) is 40.9 Å². The van der Waals surface area contributed by atoms with Crippen LogP contribution < -0.4 is 5.46 Å². The average Bonchev–Trinajstić information content (AvgIpc) is 2.66. The van der Waals surface area contributed by atoms with Gasteiger partial charge in [-0.25, -0.2) is 0 Å². The van der Waals surface area contributed by atoms with Gasteiger partial charge in [0.05, 0.1) is 0 Å². The van der Waals surface area contributed by atoms with Crippen LogP contribution in [0.2, 0.25) is 0 Å². The summed E-state index contributed by atoms with van der Waals surface area (Å²) in [6, 6.07) is 11.7. The lowest BCUT2D eigenvalue weighted by Gasteiger charge is -1.99. The number of halogens is 1. The maximum absolute atomic E-state index is 9.20. The minimum absolute atomic E-state index is 0.525. The van der Waals surface area contributed by atoms with Crippen LogP contribution in [0.3, 0.4) is 0 Å². The number of hydrogen-bond acceptors (Lipinski definition) is 3. The molecule has 0 radical (unpaired) electrons. The molecule has 0 aliphatic carbocycles. The van der Waals surface area contributed by atoms with Gasteiger partial charge in [0.2, 0.25) is 0 Å². The van der Waals surface area contributed by atoms with Gasteiger partial charge in [-0.2, -0.15) is 0 Å². The largest absolute Gasteiger partial charge is 0.488 e. The van der Waals surface area contributed by atoms with Gasteiger partial charge < -0.3 is 10.0 Å². The van der Waals surface area contributed by atoms with E-state index in [1.54, 1.807) is 17.4 Å². The quantitative estimate of drug-likeness (QED) is 0.678. The van der Waals surface area contributed by atoms with Crippen molar-refractivity contribution < 1.29 is 10.0 Å². The van der Waals surface area contributed by atoms with E-state index in [-0.39, 0.29) is 0 Å². The number of thiophene rings is 1. The maximum Gasteiger partial charge on any atom is 0.488 e. The Balaban J connectivity index is 2.39. The van der Waals surface area contributed by atoms with E-state index in [2.05, 4.69) is 28.1 Å². The van der Waals surface area contributed by atoms with Crippen LogP contribution in [0.1, 0.15) is 0 Å². The van der Waals surface area contributed by atoms with Gasteiger partial charge in [0.1, 0.15) is 0 Å². The number of fused-ring (bicyclic) bond motifs is 3. The van der Waals surface area contributed by atoms with Crippen LogP contribution in [-0.4, -0.2) is 17.2 Å². The Morgan fingerprint density at radius 1 is 0.941 bits per heavy atom. The van der Waals surface area contributed by atoms with Crippen LogP contribution in [0.4, 0.5) is 0 Å². The van der Waals surface area contributed by atoms with Gasteiger partial charge in [0.15, 0.2) is 0 Å². The third-order valence-corrected chi connectivity index (χ3v) is 4.40. The summed E-state index contributed by atoms with van der Waals surface area (Å²) in [5.41, 5.74) is 0.525. The van der Waals surface area contributed by atoms with Gasteiger partial charge in [0.25, 0.3) is 0 Å². The third kappa shape index (κ3) is 1.89. The highest BCUT2D eigenvalue weighted by atomic mass is 79.9. The highest BCUT2D eigenvalue weighted by molar-refractivity contribution is 9.10. The summed E-state index contributed by atoms with van der Waals surface area (Å²) in [4.78, 5) is 0. The summed E-state index contributed by atoms with van der Waals surface area (Å²) >= 11 is 5.16. The summed E-state index contributed by atoms with van der Waals surface area (Å²) in [6.07, 6.45) is 0. The summed E-state index contributed by atoms with van der Waals surface area (Å²) in [5, 5.41) is 20.6. The predicted molar refractivity (Wildman–Crippen MR) is 76.9 cm³/mol. The molecule has 84 valence electrons. The Hall–Kier alpha value is -0.875. The van der Waals surface area contributed by atoms with Crippen LogP contribution in [0.15, 0.2) is 40.9 Å². The number of rotatable bonds is 1.